The molecule has 2 fully saturated rings. The summed E-state index contributed by atoms with van der Waals surface area (Å²) in [6.07, 6.45) is 1.13. The second kappa shape index (κ2) is 8.47. The molecule has 0 spiro atoms. The molecular formula is C20H36N4O5. The van der Waals surface area contributed by atoms with E-state index in [0.29, 0.717) is 32.2 Å². The van der Waals surface area contributed by atoms with Crippen LogP contribution in [0.2, 0.25) is 0 Å². The topological polar surface area (TPSA) is 122 Å². The van der Waals surface area contributed by atoms with E-state index in [1.807, 2.05) is 41.5 Å². The number of carbonyl (C=O) groups is 3. The molecule has 9 heteroatoms. The highest BCUT2D eigenvalue weighted by molar-refractivity contribution is 5.91. The van der Waals surface area contributed by atoms with E-state index < -0.39 is 35.2 Å². The predicted octanol–water partition coefficient (Wildman–Crippen LogP) is 1.80. The molecule has 0 bridgehead atoms. The van der Waals surface area contributed by atoms with Crippen LogP contribution in [0.25, 0.3) is 0 Å². The van der Waals surface area contributed by atoms with Crippen molar-refractivity contribution in [2.75, 3.05) is 6.54 Å². The second-order valence-corrected chi connectivity index (χ2v) is 9.91. The van der Waals surface area contributed by atoms with Gasteiger partial charge in [0.25, 0.3) is 0 Å². The smallest absolute Gasteiger partial charge is 0.407 e. The predicted molar refractivity (Wildman–Crippen MR) is 107 cm³/mol. The minimum atomic E-state index is -1.12. The van der Waals surface area contributed by atoms with E-state index in [-0.39, 0.29) is 17.9 Å². The van der Waals surface area contributed by atoms with Gasteiger partial charge in [0.05, 0.1) is 0 Å². The molecule has 2 heterocycles. The summed E-state index contributed by atoms with van der Waals surface area (Å²) in [5, 5.41) is 26.9. The SMILES string of the molecule is CC(C)C(NC(=O)[C@@H]1CCCN1C(=O)O)C(=O)NC1CC(C)(C)N(O)C(C)(C)C1. The van der Waals surface area contributed by atoms with Crippen LogP contribution in [-0.4, -0.2) is 73.9 Å². The highest BCUT2D eigenvalue weighted by Gasteiger charge is 2.46. The maximum absolute atomic E-state index is 13.0. The summed E-state index contributed by atoms with van der Waals surface area (Å²) in [6.45, 7) is 11.7. The summed E-state index contributed by atoms with van der Waals surface area (Å²) in [5.74, 6) is -0.863. The largest absolute Gasteiger partial charge is 0.465 e. The summed E-state index contributed by atoms with van der Waals surface area (Å²) >= 11 is 0. The van der Waals surface area contributed by atoms with Gasteiger partial charge in [0, 0.05) is 23.7 Å². The van der Waals surface area contributed by atoms with Gasteiger partial charge in [0.15, 0.2) is 0 Å². The standard InChI is InChI=1S/C20H36N4O5/c1-12(2)15(22-16(25)14-8-7-9-23(14)18(27)28)17(26)21-13-10-19(3,4)24(29)20(5,6)11-13/h12-15,29H,7-11H2,1-6H3,(H,21,26)(H,22,25)(H,27,28)/t14-,15?/m0/s1. The fraction of sp³-hybridized carbons (Fsp3) is 0.850. The molecule has 166 valence electrons. The molecule has 0 aromatic rings. The maximum Gasteiger partial charge on any atom is 0.407 e. The van der Waals surface area contributed by atoms with Gasteiger partial charge in [-0.1, -0.05) is 13.8 Å². The van der Waals surface area contributed by atoms with Crippen molar-refractivity contribution >= 4 is 17.9 Å². The molecule has 2 rings (SSSR count). The van der Waals surface area contributed by atoms with Crippen LogP contribution in [-0.2, 0) is 9.59 Å². The van der Waals surface area contributed by atoms with E-state index in [2.05, 4.69) is 10.6 Å². The Kier molecular flexibility index (Phi) is 6.84. The van der Waals surface area contributed by atoms with Crippen molar-refractivity contribution in [3.63, 3.8) is 0 Å². The first-order valence-corrected chi connectivity index (χ1v) is 10.4. The summed E-state index contributed by atoms with van der Waals surface area (Å²) in [4.78, 5) is 38.1. The van der Waals surface area contributed by atoms with Gasteiger partial charge in [-0.05, 0) is 59.3 Å². The molecule has 1 unspecified atom stereocenters. The number of nitrogens with zero attached hydrogens (tertiary/aromatic N) is 2. The van der Waals surface area contributed by atoms with Crippen LogP contribution in [0.5, 0.6) is 0 Å². The van der Waals surface area contributed by atoms with Gasteiger partial charge in [-0.25, -0.2) is 4.79 Å². The summed E-state index contributed by atoms with van der Waals surface area (Å²) < 4.78 is 0. The van der Waals surface area contributed by atoms with E-state index in [4.69, 9.17) is 0 Å². The van der Waals surface area contributed by atoms with Crippen molar-refractivity contribution in [3.05, 3.63) is 0 Å². The van der Waals surface area contributed by atoms with Gasteiger partial charge in [-0.15, -0.1) is 0 Å². The number of amides is 3. The number of hydroxylamine groups is 2. The van der Waals surface area contributed by atoms with Crippen molar-refractivity contribution in [2.45, 2.75) is 96.4 Å². The fourth-order valence-electron chi connectivity index (χ4n) is 4.72. The number of likely N-dealkylation sites (tertiary alicyclic amines) is 1. The third-order valence-corrected chi connectivity index (χ3v) is 6.03. The second-order valence-electron chi connectivity index (χ2n) is 9.91. The van der Waals surface area contributed by atoms with E-state index in [1.165, 1.54) is 5.06 Å². The first kappa shape index (κ1) is 23.4. The monoisotopic (exact) mass is 412 g/mol. The maximum atomic E-state index is 13.0. The van der Waals surface area contributed by atoms with Crippen LogP contribution < -0.4 is 10.6 Å². The summed E-state index contributed by atoms with van der Waals surface area (Å²) in [5.41, 5.74) is -0.996. The van der Waals surface area contributed by atoms with Gasteiger partial charge >= 0.3 is 6.09 Å². The van der Waals surface area contributed by atoms with E-state index in [0.717, 1.165) is 4.90 Å². The van der Waals surface area contributed by atoms with Crippen LogP contribution in [0.15, 0.2) is 0 Å². The first-order valence-electron chi connectivity index (χ1n) is 10.4. The Labute approximate surface area is 172 Å². The van der Waals surface area contributed by atoms with Crippen LogP contribution in [0.3, 0.4) is 0 Å². The van der Waals surface area contributed by atoms with Crippen molar-refractivity contribution in [1.82, 2.24) is 20.6 Å². The van der Waals surface area contributed by atoms with E-state index in [9.17, 15) is 24.7 Å². The molecule has 29 heavy (non-hydrogen) atoms. The van der Waals surface area contributed by atoms with Crippen molar-refractivity contribution in [3.8, 4) is 0 Å². The Morgan fingerprint density at radius 2 is 1.62 bits per heavy atom. The molecule has 0 aromatic heterocycles. The van der Waals surface area contributed by atoms with Crippen LogP contribution in [0.4, 0.5) is 4.79 Å². The lowest BCUT2D eigenvalue weighted by Gasteiger charge is -2.51. The minimum absolute atomic E-state index is 0.143. The first-order chi connectivity index (χ1) is 13.3. The van der Waals surface area contributed by atoms with Gasteiger partial charge in [0.1, 0.15) is 12.1 Å². The zero-order valence-corrected chi connectivity index (χ0v) is 18.4. The van der Waals surface area contributed by atoms with Crippen molar-refractivity contribution < 1.29 is 24.7 Å². The van der Waals surface area contributed by atoms with Crippen LogP contribution in [0.1, 0.15) is 67.2 Å². The molecule has 0 aliphatic carbocycles. The lowest BCUT2D eigenvalue weighted by Crippen LogP contribution is -2.64. The Morgan fingerprint density at radius 1 is 1.07 bits per heavy atom. The lowest BCUT2D eigenvalue weighted by molar-refractivity contribution is -0.246. The average Bonchev–Trinajstić information content (AvgIpc) is 3.06. The number of hydrogen-bond acceptors (Lipinski definition) is 5. The van der Waals surface area contributed by atoms with Gasteiger partial charge in [-0.2, -0.15) is 5.06 Å². The zero-order chi connectivity index (χ0) is 22.1. The highest BCUT2D eigenvalue weighted by Crippen LogP contribution is 2.36. The third-order valence-electron chi connectivity index (χ3n) is 6.03. The van der Waals surface area contributed by atoms with E-state index in [1.54, 1.807) is 0 Å². The molecule has 0 radical (unpaired) electrons. The van der Waals surface area contributed by atoms with Crippen molar-refractivity contribution in [1.29, 1.82) is 0 Å². The van der Waals surface area contributed by atoms with Gasteiger partial charge in [-0.3, -0.25) is 14.5 Å². The number of hydrogen-bond donors (Lipinski definition) is 4. The molecular weight excluding hydrogens is 376 g/mol. The minimum Gasteiger partial charge on any atom is -0.465 e. The Balaban J connectivity index is 2.06. The number of carboxylic acid groups (broad SMARTS) is 1. The number of carbonyl (C=O) groups excluding carboxylic acids is 2. The molecule has 2 aliphatic rings. The molecule has 4 N–H and O–H groups in total. The van der Waals surface area contributed by atoms with E-state index >= 15 is 0 Å². The zero-order valence-electron chi connectivity index (χ0n) is 18.4. The fourth-order valence-corrected chi connectivity index (χ4v) is 4.72. The highest BCUT2D eigenvalue weighted by atomic mass is 16.5. The number of rotatable bonds is 5. The molecule has 3 amide bonds. The molecule has 2 atom stereocenters. The lowest BCUT2D eigenvalue weighted by atomic mass is 9.79. The quantitative estimate of drug-likeness (QED) is 0.546. The Bertz CT molecular complexity index is 631. The summed E-state index contributed by atoms with van der Waals surface area (Å²) in [7, 11) is 0. The molecule has 9 nitrogen and oxygen atoms in total. The Morgan fingerprint density at radius 3 is 2.10 bits per heavy atom. The number of nitrogens with one attached hydrogen (secondary N) is 2. The molecule has 0 saturated carbocycles. The summed E-state index contributed by atoms with van der Waals surface area (Å²) in [6, 6.07) is -1.65. The van der Waals surface area contributed by atoms with Gasteiger partial charge < -0.3 is 20.9 Å². The van der Waals surface area contributed by atoms with Crippen LogP contribution >= 0.6 is 0 Å². The Hall–Kier alpha value is -1.87. The van der Waals surface area contributed by atoms with Crippen molar-refractivity contribution in [2.24, 2.45) is 5.92 Å². The molecule has 2 aliphatic heterocycles. The molecule has 0 aromatic carbocycles. The number of piperidine rings is 1. The molecule has 2 saturated heterocycles. The normalized spacial score (nSPS) is 25.7. The van der Waals surface area contributed by atoms with Crippen LogP contribution in [0, 0.1) is 5.92 Å². The van der Waals surface area contributed by atoms with Gasteiger partial charge in [0.2, 0.25) is 11.8 Å². The third kappa shape index (κ3) is 5.19. The average molecular weight is 413 g/mol.